The van der Waals surface area contributed by atoms with Gasteiger partial charge >= 0.3 is 0 Å². The minimum absolute atomic E-state index is 0.229. The molecule has 0 saturated carbocycles. The minimum atomic E-state index is -0.229. The number of rotatable bonds is 2. The molecule has 0 aliphatic heterocycles. The van der Waals surface area contributed by atoms with Crippen molar-refractivity contribution in [2.45, 2.75) is 6.42 Å². The lowest BCUT2D eigenvalue weighted by Crippen LogP contribution is -1.85. The molecule has 64 valence electrons. The standard InChI is InChI=1S/C9H7Br2F/c1-6(10)2-7-3-8(11)5-9(12)4-7/h3-5H,1-2H2. The lowest BCUT2D eigenvalue weighted by molar-refractivity contribution is 0.625. The smallest absolute Gasteiger partial charge is 0.124 e. The van der Waals surface area contributed by atoms with Crippen molar-refractivity contribution >= 4 is 31.9 Å². The van der Waals surface area contributed by atoms with Crippen LogP contribution in [0.5, 0.6) is 0 Å². The van der Waals surface area contributed by atoms with Crippen LogP contribution in [0, 0.1) is 5.82 Å². The summed E-state index contributed by atoms with van der Waals surface area (Å²) in [5.41, 5.74) is 0.906. The molecular weight excluding hydrogens is 287 g/mol. The van der Waals surface area contributed by atoms with Crippen LogP contribution in [0.1, 0.15) is 5.56 Å². The molecule has 0 amide bonds. The number of benzene rings is 1. The van der Waals surface area contributed by atoms with E-state index in [1.54, 1.807) is 0 Å². The van der Waals surface area contributed by atoms with Gasteiger partial charge in [0.05, 0.1) is 0 Å². The predicted molar refractivity (Wildman–Crippen MR) is 55.9 cm³/mol. The highest BCUT2D eigenvalue weighted by atomic mass is 79.9. The van der Waals surface area contributed by atoms with Gasteiger partial charge < -0.3 is 0 Å². The van der Waals surface area contributed by atoms with Crippen LogP contribution in [0.2, 0.25) is 0 Å². The highest BCUT2D eigenvalue weighted by molar-refractivity contribution is 9.11. The van der Waals surface area contributed by atoms with Crippen molar-refractivity contribution in [3.8, 4) is 0 Å². The van der Waals surface area contributed by atoms with E-state index < -0.39 is 0 Å². The molecular formula is C9H7Br2F. The second-order valence-corrected chi connectivity index (χ2v) is 4.51. The Balaban J connectivity index is 2.93. The maximum absolute atomic E-state index is 12.8. The second kappa shape index (κ2) is 4.19. The minimum Gasteiger partial charge on any atom is -0.207 e. The monoisotopic (exact) mass is 292 g/mol. The number of hydrogen-bond donors (Lipinski definition) is 0. The van der Waals surface area contributed by atoms with Gasteiger partial charge in [0.25, 0.3) is 0 Å². The van der Waals surface area contributed by atoms with Crippen LogP contribution in [0.15, 0.2) is 33.7 Å². The summed E-state index contributed by atoms with van der Waals surface area (Å²) in [4.78, 5) is 0. The van der Waals surface area contributed by atoms with Crippen LogP contribution in [0.3, 0.4) is 0 Å². The molecule has 0 aliphatic carbocycles. The van der Waals surface area contributed by atoms with Gasteiger partial charge in [-0.15, -0.1) is 0 Å². The highest BCUT2D eigenvalue weighted by Crippen LogP contribution is 2.18. The van der Waals surface area contributed by atoms with Crippen LogP contribution in [0.25, 0.3) is 0 Å². The molecule has 0 aliphatic rings. The van der Waals surface area contributed by atoms with E-state index in [1.165, 1.54) is 12.1 Å². The SMILES string of the molecule is C=C(Br)Cc1cc(F)cc(Br)c1. The molecule has 0 atom stereocenters. The van der Waals surface area contributed by atoms with Crippen molar-refractivity contribution in [2.24, 2.45) is 0 Å². The fraction of sp³-hybridized carbons (Fsp3) is 0.111. The Labute approximate surface area is 87.7 Å². The first-order chi connectivity index (χ1) is 5.58. The zero-order chi connectivity index (χ0) is 9.14. The van der Waals surface area contributed by atoms with Crippen LogP contribution in [0.4, 0.5) is 4.39 Å². The molecule has 1 aromatic rings. The zero-order valence-corrected chi connectivity index (χ0v) is 9.45. The van der Waals surface area contributed by atoms with Gasteiger partial charge in [0, 0.05) is 10.9 Å². The average Bonchev–Trinajstić information content (AvgIpc) is 1.81. The van der Waals surface area contributed by atoms with Gasteiger partial charge in [-0.1, -0.05) is 38.4 Å². The Morgan fingerprint density at radius 2 is 2.08 bits per heavy atom. The summed E-state index contributed by atoms with van der Waals surface area (Å²) in [5.74, 6) is -0.229. The quantitative estimate of drug-likeness (QED) is 0.772. The first-order valence-electron chi connectivity index (χ1n) is 3.36. The first kappa shape index (κ1) is 9.93. The Bertz CT molecular complexity index is 287. The average molecular weight is 294 g/mol. The largest absolute Gasteiger partial charge is 0.207 e. The van der Waals surface area contributed by atoms with E-state index in [1.807, 2.05) is 6.07 Å². The van der Waals surface area contributed by atoms with Crippen LogP contribution < -0.4 is 0 Å². The van der Waals surface area contributed by atoms with Gasteiger partial charge in [0.2, 0.25) is 0 Å². The lowest BCUT2D eigenvalue weighted by Gasteiger charge is -2.00. The molecule has 1 rings (SSSR count). The molecule has 3 heteroatoms. The van der Waals surface area contributed by atoms with E-state index in [2.05, 4.69) is 38.4 Å². The fourth-order valence-corrected chi connectivity index (χ4v) is 1.77. The molecule has 0 bridgehead atoms. The second-order valence-electron chi connectivity index (χ2n) is 2.47. The van der Waals surface area contributed by atoms with E-state index in [4.69, 9.17) is 0 Å². The molecule has 0 N–H and O–H groups in total. The van der Waals surface area contributed by atoms with E-state index in [-0.39, 0.29) is 5.82 Å². The number of allylic oxidation sites excluding steroid dienone is 1. The van der Waals surface area contributed by atoms with Crippen molar-refractivity contribution < 1.29 is 4.39 Å². The molecule has 0 heterocycles. The van der Waals surface area contributed by atoms with Crippen LogP contribution in [-0.2, 0) is 6.42 Å². The summed E-state index contributed by atoms with van der Waals surface area (Å²) in [6, 6.07) is 4.80. The van der Waals surface area contributed by atoms with Crippen LogP contribution >= 0.6 is 31.9 Å². The third-order valence-corrected chi connectivity index (χ3v) is 2.06. The van der Waals surface area contributed by atoms with E-state index in [0.717, 1.165) is 14.5 Å². The summed E-state index contributed by atoms with van der Waals surface area (Å²) < 4.78 is 14.4. The molecule has 0 radical (unpaired) electrons. The van der Waals surface area contributed by atoms with Crippen LogP contribution in [-0.4, -0.2) is 0 Å². The highest BCUT2D eigenvalue weighted by Gasteiger charge is 1.99. The molecule has 0 saturated heterocycles. The Morgan fingerprint density at radius 3 is 2.58 bits per heavy atom. The number of hydrogen-bond acceptors (Lipinski definition) is 0. The molecule has 0 unspecified atom stereocenters. The van der Waals surface area contributed by atoms with Crippen molar-refractivity contribution in [3.63, 3.8) is 0 Å². The van der Waals surface area contributed by atoms with Gasteiger partial charge in [-0.3, -0.25) is 0 Å². The molecule has 0 fully saturated rings. The molecule has 0 aromatic heterocycles. The van der Waals surface area contributed by atoms with Crippen molar-refractivity contribution in [2.75, 3.05) is 0 Å². The molecule has 12 heavy (non-hydrogen) atoms. The summed E-state index contributed by atoms with van der Waals surface area (Å²) in [7, 11) is 0. The van der Waals surface area contributed by atoms with Gasteiger partial charge in [0.1, 0.15) is 5.82 Å². The summed E-state index contributed by atoms with van der Waals surface area (Å²) in [6.07, 6.45) is 0.649. The maximum Gasteiger partial charge on any atom is 0.124 e. The lowest BCUT2D eigenvalue weighted by atomic mass is 10.1. The molecule has 0 nitrogen and oxygen atoms in total. The third-order valence-electron chi connectivity index (χ3n) is 1.32. The van der Waals surface area contributed by atoms with Gasteiger partial charge in [0.15, 0.2) is 0 Å². The summed E-state index contributed by atoms with van der Waals surface area (Å²) in [6.45, 7) is 3.69. The fourth-order valence-electron chi connectivity index (χ4n) is 0.934. The maximum atomic E-state index is 12.8. The molecule has 1 aromatic carbocycles. The van der Waals surface area contributed by atoms with Gasteiger partial charge in [-0.25, -0.2) is 4.39 Å². The van der Waals surface area contributed by atoms with E-state index in [9.17, 15) is 4.39 Å². The Morgan fingerprint density at radius 1 is 1.42 bits per heavy atom. The Hall–Kier alpha value is -0.150. The predicted octanol–water partition coefficient (Wildman–Crippen LogP) is 4.04. The number of halogens is 3. The van der Waals surface area contributed by atoms with Crippen molar-refractivity contribution in [3.05, 3.63) is 45.1 Å². The van der Waals surface area contributed by atoms with E-state index >= 15 is 0 Å². The molecule has 0 spiro atoms. The summed E-state index contributed by atoms with van der Waals surface area (Å²) in [5, 5.41) is 0. The van der Waals surface area contributed by atoms with Crippen molar-refractivity contribution in [1.29, 1.82) is 0 Å². The summed E-state index contributed by atoms with van der Waals surface area (Å²) >= 11 is 6.45. The van der Waals surface area contributed by atoms with Gasteiger partial charge in [-0.05, 0) is 28.2 Å². The van der Waals surface area contributed by atoms with E-state index in [0.29, 0.717) is 6.42 Å². The normalized spacial score (nSPS) is 9.92. The van der Waals surface area contributed by atoms with Gasteiger partial charge in [-0.2, -0.15) is 0 Å². The first-order valence-corrected chi connectivity index (χ1v) is 4.95. The topological polar surface area (TPSA) is 0 Å². The zero-order valence-electron chi connectivity index (χ0n) is 6.28. The van der Waals surface area contributed by atoms with Crippen molar-refractivity contribution in [1.82, 2.24) is 0 Å². The Kier molecular flexibility index (Phi) is 3.47. The third kappa shape index (κ3) is 3.07.